The molecule has 3 heterocycles. The van der Waals surface area contributed by atoms with Crippen LogP contribution in [0.25, 0.3) is 114 Å². The minimum Gasteiger partial charge on any atom is -0.309 e. The Kier molecular flexibility index (Phi) is 6.76. The lowest BCUT2D eigenvalue weighted by molar-refractivity contribution is 1.08. The molecule has 4 nitrogen and oxygen atoms in total. The molecule has 12 rings (SSSR count). The van der Waals surface area contributed by atoms with E-state index in [0.29, 0.717) is 17.5 Å². The summed E-state index contributed by atoms with van der Waals surface area (Å²) in [4.78, 5) is 15.7. The van der Waals surface area contributed by atoms with E-state index >= 15 is 0 Å². The van der Waals surface area contributed by atoms with Crippen molar-refractivity contribution in [1.29, 1.82) is 0 Å². The average molecular weight is 731 g/mol. The van der Waals surface area contributed by atoms with Gasteiger partial charge in [0, 0.05) is 53.3 Å². The summed E-state index contributed by atoms with van der Waals surface area (Å²) in [6.07, 6.45) is 0. The summed E-state index contributed by atoms with van der Waals surface area (Å²) < 4.78 is 4.82. The Balaban J connectivity index is 1.11. The van der Waals surface area contributed by atoms with Gasteiger partial charge in [-0.1, -0.05) is 146 Å². The van der Waals surface area contributed by atoms with E-state index in [1.165, 1.54) is 74.3 Å². The first-order chi connectivity index (χ1) is 27.8. The summed E-state index contributed by atoms with van der Waals surface area (Å²) in [7, 11) is 0. The molecular weight excluding hydrogens is 701 g/mol. The Bertz CT molecular complexity index is 3490. The van der Waals surface area contributed by atoms with Crippen LogP contribution in [0.5, 0.6) is 0 Å². The summed E-state index contributed by atoms with van der Waals surface area (Å²) in [5.41, 5.74) is 6.46. The van der Waals surface area contributed by atoms with Crippen molar-refractivity contribution < 1.29 is 0 Å². The number of nitrogens with zero attached hydrogens (tertiary/aromatic N) is 4. The van der Waals surface area contributed by atoms with E-state index in [2.05, 4.69) is 168 Å². The maximum absolute atomic E-state index is 5.31. The highest BCUT2D eigenvalue weighted by atomic mass is 32.1. The van der Waals surface area contributed by atoms with Gasteiger partial charge in [0.15, 0.2) is 17.5 Å². The first kappa shape index (κ1) is 31.2. The fraction of sp³-hybridized carbons (Fsp3) is 0. The van der Waals surface area contributed by atoms with Crippen LogP contribution in [0.15, 0.2) is 182 Å². The predicted octanol–water partition coefficient (Wildman–Crippen LogP) is 13.8. The molecule has 3 aromatic heterocycles. The van der Waals surface area contributed by atoms with E-state index in [-0.39, 0.29) is 0 Å². The van der Waals surface area contributed by atoms with Gasteiger partial charge in [-0.25, -0.2) is 15.0 Å². The molecule has 0 saturated carbocycles. The molecule has 0 bridgehead atoms. The van der Waals surface area contributed by atoms with Crippen molar-refractivity contribution >= 4 is 85.6 Å². The standard InChI is InChI=1S/C51H30N4S/c1-3-14-31(15-4-1)49-52-50(32-26-27-38-36-20-8-7-18-34(36)35-19-9-10-21-37(35)43(38)30-32)54-51(53-49)42-24-13-23-39-40-28-29-45-46(48(40)56-47(39)42)41-22-11-12-25-44(41)55(45)33-16-5-2-6-17-33/h1-30H. The molecule has 0 saturated heterocycles. The van der Waals surface area contributed by atoms with Crippen LogP contribution in [-0.2, 0) is 0 Å². The summed E-state index contributed by atoms with van der Waals surface area (Å²) in [5.74, 6) is 1.97. The third kappa shape index (κ3) is 4.62. The van der Waals surface area contributed by atoms with Gasteiger partial charge in [0.05, 0.1) is 11.0 Å². The highest BCUT2D eigenvalue weighted by Crippen LogP contribution is 2.46. The fourth-order valence-electron chi connectivity index (χ4n) is 8.73. The molecule has 0 atom stereocenters. The van der Waals surface area contributed by atoms with Crippen LogP contribution in [-0.4, -0.2) is 19.5 Å². The van der Waals surface area contributed by atoms with Crippen LogP contribution in [0.3, 0.4) is 0 Å². The number of rotatable bonds is 4. The molecule has 0 unspecified atom stereocenters. The van der Waals surface area contributed by atoms with Crippen molar-refractivity contribution in [2.24, 2.45) is 0 Å². The second-order valence-corrected chi connectivity index (χ2v) is 15.4. The highest BCUT2D eigenvalue weighted by Gasteiger charge is 2.21. The van der Waals surface area contributed by atoms with Crippen LogP contribution in [0.2, 0.25) is 0 Å². The molecule has 0 N–H and O–H groups in total. The normalized spacial score (nSPS) is 11.9. The molecule has 0 aliphatic heterocycles. The van der Waals surface area contributed by atoms with Crippen LogP contribution in [0.4, 0.5) is 0 Å². The van der Waals surface area contributed by atoms with Crippen molar-refractivity contribution in [1.82, 2.24) is 19.5 Å². The number of hydrogen-bond acceptors (Lipinski definition) is 4. The second kappa shape index (κ2) is 12.2. The largest absolute Gasteiger partial charge is 0.309 e. The smallest absolute Gasteiger partial charge is 0.165 e. The molecule has 5 heteroatoms. The van der Waals surface area contributed by atoms with Crippen LogP contribution < -0.4 is 0 Å². The monoisotopic (exact) mass is 730 g/mol. The van der Waals surface area contributed by atoms with Crippen molar-refractivity contribution in [3.05, 3.63) is 182 Å². The van der Waals surface area contributed by atoms with E-state index in [0.717, 1.165) is 22.4 Å². The molecular formula is C51H30N4S. The molecule has 260 valence electrons. The molecule has 0 aliphatic rings. The molecule has 0 amide bonds. The first-order valence-corrected chi connectivity index (χ1v) is 19.7. The van der Waals surface area contributed by atoms with Gasteiger partial charge < -0.3 is 4.57 Å². The van der Waals surface area contributed by atoms with Crippen LogP contribution in [0.1, 0.15) is 0 Å². The van der Waals surface area contributed by atoms with Gasteiger partial charge in [-0.2, -0.15) is 0 Å². The highest BCUT2D eigenvalue weighted by molar-refractivity contribution is 7.27. The lowest BCUT2D eigenvalue weighted by atomic mass is 9.93. The number of aromatic nitrogens is 4. The van der Waals surface area contributed by atoms with E-state index in [1.807, 2.05) is 29.5 Å². The van der Waals surface area contributed by atoms with Crippen molar-refractivity contribution in [3.8, 4) is 39.9 Å². The second-order valence-electron chi connectivity index (χ2n) is 14.3. The fourth-order valence-corrected chi connectivity index (χ4v) is 10.1. The van der Waals surface area contributed by atoms with E-state index in [4.69, 9.17) is 15.0 Å². The van der Waals surface area contributed by atoms with Crippen LogP contribution >= 0.6 is 11.3 Å². The Morgan fingerprint density at radius 2 is 0.875 bits per heavy atom. The summed E-state index contributed by atoms with van der Waals surface area (Å²) in [6, 6.07) is 64.8. The van der Waals surface area contributed by atoms with Crippen molar-refractivity contribution in [3.63, 3.8) is 0 Å². The van der Waals surface area contributed by atoms with E-state index < -0.39 is 0 Å². The number of hydrogen-bond donors (Lipinski definition) is 0. The number of thiophene rings is 1. The third-order valence-corrected chi connectivity index (χ3v) is 12.5. The minimum atomic E-state index is 0.652. The van der Waals surface area contributed by atoms with Gasteiger partial charge >= 0.3 is 0 Å². The SMILES string of the molecule is c1ccc(-c2nc(-c3ccc4c5ccccc5c5ccccc5c4c3)nc(-c3cccc4c3sc3c4ccc4c3c3ccccc3n4-c3ccccc3)n2)cc1. The number of para-hydroxylation sites is 2. The van der Waals surface area contributed by atoms with Gasteiger partial charge in [0.25, 0.3) is 0 Å². The molecule has 9 aromatic carbocycles. The molecule has 0 fully saturated rings. The average Bonchev–Trinajstić information content (AvgIpc) is 3.83. The quantitative estimate of drug-likeness (QED) is 0.169. The topological polar surface area (TPSA) is 43.6 Å². The van der Waals surface area contributed by atoms with Crippen molar-refractivity contribution in [2.45, 2.75) is 0 Å². The maximum Gasteiger partial charge on any atom is 0.165 e. The molecule has 0 spiro atoms. The zero-order chi connectivity index (χ0) is 36.7. The number of benzene rings is 9. The van der Waals surface area contributed by atoms with Gasteiger partial charge in [-0.3, -0.25) is 0 Å². The summed E-state index contributed by atoms with van der Waals surface area (Å²) in [6.45, 7) is 0. The molecule has 12 aromatic rings. The zero-order valence-electron chi connectivity index (χ0n) is 30.0. The Labute approximate surface area is 325 Å². The molecule has 56 heavy (non-hydrogen) atoms. The summed E-state index contributed by atoms with van der Waals surface area (Å²) >= 11 is 1.83. The van der Waals surface area contributed by atoms with E-state index in [1.54, 1.807) is 0 Å². The Hall–Kier alpha value is -7.21. The molecule has 0 radical (unpaired) electrons. The van der Waals surface area contributed by atoms with Gasteiger partial charge in [-0.15, -0.1) is 11.3 Å². The zero-order valence-corrected chi connectivity index (χ0v) is 30.8. The first-order valence-electron chi connectivity index (χ1n) is 18.9. The lowest BCUT2D eigenvalue weighted by Gasteiger charge is -2.12. The van der Waals surface area contributed by atoms with Crippen LogP contribution in [0, 0.1) is 0 Å². The third-order valence-electron chi connectivity index (χ3n) is 11.2. The predicted molar refractivity (Wildman–Crippen MR) is 236 cm³/mol. The van der Waals surface area contributed by atoms with Gasteiger partial charge in [0.1, 0.15) is 0 Å². The maximum atomic E-state index is 5.31. The Morgan fingerprint density at radius 3 is 1.61 bits per heavy atom. The van der Waals surface area contributed by atoms with Gasteiger partial charge in [0.2, 0.25) is 0 Å². The van der Waals surface area contributed by atoms with E-state index in [9.17, 15) is 0 Å². The summed E-state index contributed by atoms with van der Waals surface area (Å²) in [5, 5.41) is 12.3. The Morgan fingerprint density at radius 1 is 0.339 bits per heavy atom. The minimum absolute atomic E-state index is 0.652. The lowest BCUT2D eigenvalue weighted by Crippen LogP contribution is -2.00. The number of fused-ring (bicyclic) bond motifs is 13. The van der Waals surface area contributed by atoms with Gasteiger partial charge in [-0.05, 0) is 68.7 Å². The molecule has 0 aliphatic carbocycles. The van der Waals surface area contributed by atoms with Crippen molar-refractivity contribution in [2.75, 3.05) is 0 Å².